The predicted octanol–water partition coefficient (Wildman–Crippen LogP) is 3.18. The van der Waals surface area contributed by atoms with Crippen LogP contribution in [0.15, 0.2) is 54.6 Å². The molecule has 1 amide bonds. The van der Waals surface area contributed by atoms with Crippen molar-refractivity contribution in [2.45, 2.75) is 18.9 Å². The molecule has 0 radical (unpaired) electrons. The van der Waals surface area contributed by atoms with E-state index < -0.39 is 11.0 Å². The Hall–Kier alpha value is -2.73. The lowest BCUT2D eigenvalue weighted by Crippen LogP contribution is -2.39. The summed E-state index contributed by atoms with van der Waals surface area (Å²) < 4.78 is 0. The fraction of sp³-hybridized carbons (Fsp3) is 0.316. The molecule has 6 nitrogen and oxygen atoms in total. The first-order valence-electron chi connectivity index (χ1n) is 8.33. The molecule has 1 aliphatic rings. The van der Waals surface area contributed by atoms with Crippen molar-refractivity contribution in [3.8, 4) is 0 Å². The SMILES string of the molecule is O=C(c1ccc([N+](=O)[O-])cc1)N1CCC([C@@H](O)c2ccccc2)CC1. The molecular weight excluding hydrogens is 320 g/mol. The third-order valence-corrected chi connectivity index (χ3v) is 4.74. The van der Waals surface area contributed by atoms with E-state index in [9.17, 15) is 20.0 Å². The average Bonchev–Trinajstić information content (AvgIpc) is 2.67. The summed E-state index contributed by atoms with van der Waals surface area (Å²) >= 11 is 0. The van der Waals surface area contributed by atoms with Crippen LogP contribution in [-0.2, 0) is 0 Å². The van der Waals surface area contributed by atoms with Crippen molar-refractivity contribution >= 4 is 11.6 Å². The summed E-state index contributed by atoms with van der Waals surface area (Å²) in [6.07, 6.45) is 0.946. The zero-order valence-corrected chi connectivity index (χ0v) is 13.7. The number of amides is 1. The normalized spacial score (nSPS) is 16.4. The molecule has 0 aromatic heterocycles. The van der Waals surface area contributed by atoms with E-state index in [-0.39, 0.29) is 17.5 Å². The van der Waals surface area contributed by atoms with Gasteiger partial charge in [-0.25, -0.2) is 0 Å². The quantitative estimate of drug-likeness (QED) is 0.684. The molecule has 0 spiro atoms. The zero-order valence-electron chi connectivity index (χ0n) is 13.7. The Labute approximate surface area is 145 Å². The molecule has 2 aromatic rings. The first-order chi connectivity index (χ1) is 12.1. The summed E-state index contributed by atoms with van der Waals surface area (Å²) in [6, 6.07) is 15.2. The molecule has 130 valence electrons. The number of piperidine rings is 1. The average molecular weight is 340 g/mol. The number of aliphatic hydroxyl groups excluding tert-OH is 1. The van der Waals surface area contributed by atoms with Crippen LogP contribution in [0.2, 0.25) is 0 Å². The maximum absolute atomic E-state index is 12.5. The number of nitrogens with zero attached hydrogens (tertiary/aromatic N) is 2. The van der Waals surface area contributed by atoms with E-state index in [2.05, 4.69) is 0 Å². The van der Waals surface area contributed by atoms with Crippen LogP contribution >= 0.6 is 0 Å². The van der Waals surface area contributed by atoms with Crippen LogP contribution in [0.4, 0.5) is 5.69 Å². The van der Waals surface area contributed by atoms with Crippen molar-refractivity contribution in [1.82, 2.24) is 4.90 Å². The Balaban J connectivity index is 1.60. The van der Waals surface area contributed by atoms with Crippen LogP contribution in [0, 0.1) is 16.0 Å². The highest BCUT2D eigenvalue weighted by molar-refractivity contribution is 5.94. The Morgan fingerprint density at radius 1 is 1.08 bits per heavy atom. The van der Waals surface area contributed by atoms with Gasteiger partial charge >= 0.3 is 0 Å². The highest BCUT2D eigenvalue weighted by atomic mass is 16.6. The minimum absolute atomic E-state index is 0.0266. The van der Waals surface area contributed by atoms with Gasteiger partial charge in [-0.1, -0.05) is 30.3 Å². The van der Waals surface area contributed by atoms with Gasteiger partial charge in [-0.05, 0) is 36.5 Å². The largest absolute Gasteiger partial charge is 0.388 e. The van der Waals surface area contributed by atoms with Gasteiger partial charge in [0, 0.05) is 30.8 Å². The maximum atomic E-state index is 12.5. The van der Waals surface area contributed by atoms with Crippen molar-refractivity contribution in [3.63, 3.8) is 0 Å². The fourth-order valence-electron chi connectivity index (χ4n) is 3.25. The van der Waals surface area contributed by atoms with Gasteiger partial charge in [-0.15, -0.1) is 0 Å². The van der Waals surface area contributed by atoms with E-state index in [1.54, 1.807) is 4.90 Å². The summed E-state index contributed by atoms with van der Waals surface area (Å²) in [5.41, 5.74) is 1.33. The Morgan fingerprint density at radius 2 is 1.68 bits per heavy atom. The molecule has 1 fully saturated rings. The lowest BCUT2D eigenvalue weighted by molar-refractivity contribution is -0.384. The van der Waals surface area contributed by atoms with Gasteiger partial charge in [0.1, 0.15) is 0 Å². The van der Waals surface area contributed by atoms with Crippen molar-refractivity contribution < 1.29 is 14.8 Å². The molecule has 2 aromatic carbocycles. The number of benzene rings is 2. The number of non-ortho nitro benzene ring substituents is 1. The van der Waals surface area contributed by atoms with Crippen molar-refractivity contribution in [3.05, 3.63) is 75.8 Å². The monoisotopic (exact) mass is 340 g/mol. The van der Waals surface area contributed by atoms with Crippen molar-refractivity contribution in [2.24, 2.45) is 5.92 Å². The van der Waals surface area contributed by atoms with Crippen molar-refractivity contribution in [2.75, 3.05) is 13.1 Å². The number of rotatable bonds is 4. The Bertz CT molecular complexity index is 738. The standard InChI is InChI=1S/C19H20N2O4/c22-18(14-4-2-1-3-5-14)15-10-12-20(13-11-15)19(23)16-6-8-17(9-7-16)21(24)25/h1-9,15,18,22H,10-13H2/t18-/m0/s1. The summed E-state index contributed by atoms with van der Waals surface area (Å²) in [5, 5.41) is 21.2. The molecule has 25 heavy (non-hydrogen) atoms. The number of nitro benzene ring substituents is 1. The van der Waals surface area contributed by atoms with E-state index in [1.165, 1.54) is 24.3 Å². The van der Waals surface area contributed by atoms with Gasteiger partial charge in [0.15, 0.2) is 0 Å². The van der Waals surface area contributed by atoms with E-state index in [4.69, 9.17) is 0 Å². The van der Waals surface area contributed by atoms with E-state index in [0.29, 0.717) is 18.7 Å². The lowest BCUT2D eigenvalue weighted by Gasteiger charge is -2.34. The molecule has 1 aliphatic heterocycles. The van der Waals surface area contributed by atoms with E-state index >= 15 is 0 Å². The number of carbonyl (C=O) groups is 1. The minimum Gasteiger partial charge on any atom is -0.388 e. The van der Waals surface area contributed by atoms with Crippen LogP contribution in [0.1, 0.15) is 34.9 Å². The number of hydrogen-bond donors (Lipinski definition) is 1. The highest BCUT2D eigenvalue weighted by Gasteiger charge is 2.28. The first-order valence-corrected chi connectivity index (χ1v) is 8.33. The zero-order chi connectivity index (χ0) is 17.8. The molecule has 1 N–H and O–H groups in total. The second kappa shape index (κ2) is 7.44. The van der Waals surface area contributed by atoms with Gasteiger partial charge in [-0.2, -0.15) is 0 Å². The van der Waals surface area contributed by atoms with Crippen LogP contribution in [0.25, 0.3) is 0 Å². The Kier molecular flexibility index (Phi) is 5.09. The molecule has 0 saturated carbocycles. The molecule has 1 atom stereocenters. The smallest absolute Gasteiger partial charge is 0.269 e. The first kappa shape index (κ1) is 17.1. The minimum atomic E-state index is -0.516. The van der Waals surface area contributed by atoms with Crippen LogP contribution in [0.3, 0.4) is 0 Å². The predicted molar refractivity (Wildman–Crippen MR) is 93.1 cm³/mol. The number of hydrogen-bond acceptors (Lipinski definition) is 4. The van der Waals surface area contributed by atoms with Gasteiger partial charge in [-0.3, -0.25) is 14.9 Å². The molecule has 1 saturated heterocycles. The second-order valence-corrected chi connectivity index (χ2v) is 6.29. The number of aliphatic hydroxyl groups is 1. The second-order valence-electron chi connectivity index (χ2n) is 6.29. The Morgan fingerprint density at radius 3 is 2.24 bits per heavy atom. The lowest BCUT2D eigenvalue weighted by atomic mass is 9.87. The number of likely N-dealkylation sites (tertiary alicyclic amines) is 1. The molecule has 0 aliphatic carbocycles. The van der Waals surface area contributed by atoms with Crippen molar-refractivity contribution in [1.29, 1.82) is 0 Å². The summed E-state index contributed by atoms with van der Waals surface area (Å²) in [6.45, 7) is 1.15. The van der Waals surface area contributed by atoms with E-state index in [0.717, 1.165) is 18.4 Å². The summed E-state index contributed by atoms with van der Waals surface area (Å²) in [4.78, 5) is 24.5. The third-order valence-electron chi connectivity index (χ3n) is 4.74. The maximum Gasteiger partial charge on any atom is 0.269 e. The number of carbonyl (C=O) groups excluding carboxylic acids is 1. The fourth-order valence-corrected chi connectivity index (χ4v) is 3.25. The molecule has 1 heterocycles. The van der Waals surface area contributed by atoms with Gasteiger partial charge in [0.05, 0.1) is 11.0 Å². The van der Waals surface area contributed by atoms with Gasteiger partial charge in [0.2, 0.25) is 0 Å². The van der Waals surface area contributed by atoms with Gasteiger partial charge < -0.3 is 10.0 Å². The molecule has 0 unspecified atom stereocenters. The van der Waals surface area contributed by atoms with Crippen LogP contribution in [0.5, 0.6) is 0 Å². The third kappa shape index (κ3) is 3.85. The molecule has 6 heteroatoms. The molecule has 3 rings (SSSR count). The van der Waals surface area contributed by atoms with E-state index in [1.807, 2.05) is 30.3 Å². The van der Waals surface area contributed by atoms with Gasteiger partial charge in [0.25, 0.3) is 11.6 Å². The van der Waals surface area contributed by atoms with Crippen LogP contribution in [-0.4, -0.2) is 33.9 Å². The molecular formula is C19H20N2O4. The summed E-state index contributed by atoms with van der Waals surface area (Å²) in [7, 11) is 0. The highest BCUT2D eigenvalue weighted by Crippen LogP contribution is 2.31. The molecule has 0 bridgehead atoms. The topological polar surface area (TPSA) is 83.7 Å². The number of nitro groups is 1. The summed E-state index contributed by atoms with van der Waals surface area (Å²) in [5.74, 6) is 0.00543. The van der Waals surface area contributed by atoms with Crippen LogP contribution < -0.4 is 0 Å².